The molecule has 0 amide bonds. The van der Waals surface area contributed by atoms with E-state index >= 15 is 0 Å². The Bertz CT molecular complexity index is 3160. The third-order valence-corrected chi connectivity index (χ3v) is 13.1. The van der Waals surface area contributed by atoms with Crippen LogP contribution in [0.4, 0.5) is 34.1 Å². The molecule has 0 unspecified atom stereocenters. The molecule has 10 aromatic carbocycles. The number of nitrogens with zero attached hydrogens (tertiary/aromatic N) is 2. The second-order valence-corrected chi connectivity index (χ2v) is 17.4. The fourth-order valence-electron chi connectivity index (χ4n) is 9.68. The molecule has 0 fully saturated rings. The standard InChI is InChI=1S/C63H48N2/c1-63(2)61-27-13-12-26-59(61)60-41-40-58(44-62(60)63)65(55-38-32-50(33-39-55)47-20-10-5-11-21-47)57-25-15-23-52(43-57)51-22-14-24-56(42-51)64(53-34-28-48(29-35-53)45-16-6-3-7-17-45)54-36-30-49(31-37-54)46-18-8-4-9-19-46/h3-44H,1-2H3. The van der Waals surface area contributed by atoms with Gasteiger partial charge in [0.05, 0.1) is 0 Å². The molecule has 0 N–H and O–H groups in total. The molecular weight excluding hydrogens is 785 g/mol. The van der Waals surface area contributed by atoms with Gasteiger partial charge in [-0.05, 0) is 140 Å². The Morgan fingerprint density at radius 1 is 0.231 bits per heavy atom. The van der Waals surface area contributed by atoms with Crippen molar-refractivity contribution in [1.82, 2.24) is 0 Å². The molecule has 10 aromatic rings. The lowest BCUT2D eigenvalue weighted by atomic mass is 9.82. The number of anilines is 6. The van der Waals surface area contributed by atoms with E-state index in [9.17, 15) is 0 Å². The molecule has 1 aliphatic carbocycles. The molecule has 65 heavy (non-hydrogen) atoms. The molecule has 0 saturated heterocycles. The fourth-order valence-corrected chi connectivity index (χ4v) is 9.68. The summed E-state index contributed by atoms with van der Waals surface area (Å²) in [6.07, 6.45) is 0. The van der Waals surface area contributed by atoms with Crippen molar-refractivity contribution < 1.29 is 0 Å². The van der Waals surface area contributed by atoms with Gasteiger partial charge in [-0.15, -0.1) is 0 Å². The molecule has 1 aliphatic rings. The topological polar surface area (TPSA) is 6.48 Å². The quantitative estimate of drug-likeness (QED) is 0.135. The molecule has 0 heterocycles. The number of hydrogen-bond acceptors (Lipinski definition) is 2. The zero-order valence-electron chi connectivity index (χ0n) is 36.6. The van der Waals surface area contributed by atoms with Crippen molar-refractivity contribution in [3.8, 4) is 55.6 Å². The highest BCUT2D eigenvalue weighted by atomic mass is 15.1. The van der Waals surface area contributed by atoms with Crippen molar-refractivity contribution in [1.29, 1.82) is 0 Å². The summed E-state index contributed by atoms with van der Waals surface area (Å²) in [6, 6.07) is 92.5. The molecular formula is C63H48N2. The van der Waals surface area contributed by atoms with Crippen LogP contribution in [-0.2, 0) is 5.41 Å². The van der Waals surface area contributed by atoms with Gasteiger partial charge in [-0.25, -0.2) is 0 Å². The second-order valence-electron chi connectivity index (χ2n) is 17.4. The lowest BCUT2D eigenvalue weighted by Gasteiger charge is -2.29. The Balaban J connectivity index is 0.997. The average Bonchev–Trinajstić information content (AvgIpc) is 3.61. The van der Waals surface area contributed by atoms with E-state index in [4.69, 9.17) is 0 Å². The highest BCUT2D eigenvalue weighted by Gasteiger charge is 2.35. The van der Waals surface area contributed by atoms with Crippen LogP contribution < -0.4 is 9.80 Å². The van der Waals surface area contributed by atoms with E-state index in [1.54, 1.807) is 0 Å². The minimum absolute atomic E-state index is 0.122. The summed E-state index contributed by atoms with van der Waals surface area (Å²) < 4.78 is 0. The molecule has 310 valence electrons. The van der Waals surface area contributed by atoms with Gasteiger partial charge >= 0.3 is 0 Å². The maximum absolute atomic E-state index is 2.41. The second kappa shape index (κ2) is 16.8. The molecule has 0 aliphatic heterocycles. The van der Waals surface area contributed by atoms with E-state index in [2.05, 4.69) is 278 Å². The summed E-state index contributed by atoms with van der Waals surface area (Å²) in [7, 11) is 0. The SMILES string of the molecule is CC1(C)c2ccccc2-c2ccc(N(c3ccc(-c4ccccc4)cc3)c3cccc(-c4cccc(N(c5ccc(-c6ccccc6)cc5)c5ccc(-c6ccccc6)cc5)c4)c3)cc21. The first kappa shape index (κ1) is 39.6. The number of fused-ring (bicyclic) bond motifs is 3. The zero-order valence-corrected chi connectivity index (χ0v) is 36.6. The minimum atomic E-state index is -0.122. The Morgan fingerprint density at radius 2 is 0.554 bits per heavy atom. The summed E-state index contributed by atoms with van der Waals surface area (Å²) in [5, 5.41) is 0. The lowest BCUT2D eigenvalue weighted by Crippen LogP contribution is -2.16. The molecule has 0 aromatic heterocycles. The van der Waals surface area contributed by atoms with Crippen LogP contribution in [0.25, 0.3) is 55.6 Å². The van der Waals surface area contributed by atoms with Crippen LogP contribution in [0.2, 0.25) is 0 Å². The molecule has 2 nitrogen and oxygen atoms in total. The van der Waals surface area contributed by atoms with E-state index in [0.29, 0.717) is 0 Å². The smallest absolute Gasteiger partial charge is 0.0467 e. The van der Waals surface area contributed by atoms with Gasteiger partial charge in [0.25, 0.3) is 0 Å². The van der Waals surface area contributed by atoms with Crippen LogP contribution in [0.5, 0.6) is 0 Å². The molecule has 0 saturated carbocycles. The summed E-state index contributed by atoms with van der Waals surface area (Å²) in [6.45, 7) is 4.71. The Morgan fingerprint density at radius 3 is 1.00 bits per heavy atom. The lowest BCUT2D eigenvalue weighted by molar-refractivity contribution is 0.660. The first-order valence-corrected chi connectivity index (χ1v) is 22.5. The van der Waals surface area contributed by atoms with Gasteiger partial charge in [-0.3, -0.25) is 0 Å². The maximum atomic E-state index is 2.41. The Hall–Kier alpha value is -8.20. The summed E-state index contributed by atoms with van der Waals surface area (Å²) in [4.78, 5) is 4.78. The number of hydrogen-bond donors (Lipinski definition) is 0. The predicted octanol–water partition coefficient (Wildman–Crippen LogP) is 17.6. The molecule has 2 heteroatoms. The van der Waals surface area contributed by atoms with Crippen molar-refractivity contribution in [3.05, 3.63) is 266 Å². The van der Waals surface area contributed by atoms with Gasteiger partial charge < -0.3 is 9.80 Å². The van der Waals surface area contributed by atoms with Gasteiger partial charge in [0, 0.05) is 39.5 Å². The van der Waals surface area contributed by atoms with Gasteiger partial charge in [-0.1, -0.05) is 196 Å². The molecule has 11 rings (SSSR count). The van der Waals surface area contributed by atoms with E-state index < -0.39 is 0 Å². The van der Waals surface area contributed by atoms with Crippen LogP contribution in [0.1, 0.15) is 25.0 Å². The average molecular weight is 833 g/mol. The van der Waals surface area contributed by atoms with Crippen molar-refractivity contribution in [2.24, 2.45) is 0 Å². The van der Waals surface area contributed by atoms with E-state index in [-0.39, 0.29) is 5.41 Å². The van der Waals surface area contributed by atoms with E-state index in [1.807, 2.05) is 0 Å². The van der Waals surface area contributed by atoms with Crippen LogP contribution in [0, 0.1) is 0 Å². The number of benzene rings is 10. The van der Waals surface area contributed by atoms with Crippen LogP contribution in [-0.4, -0.2) is 0 Å². The minimum Gasteiger partial charge on any atom is -0.310 e. The first-order chi connectivity index (χ1) is 32.0. The third-order valence-electron chi connectivity index (χ3n) is 13.1. The van der Waals surface area contributed by atoms with Crippen LogP contribution >= 0.6 is 0 Å². The van der Waals surface area contributed by atoms with E-state index in [0.717, 1.165) is 45.3 Å². The fraction of sp³-hybridized carbons (Fsp3) is 0.0476. The molecule has 0 radical (unpaired) electrons. The zero-order chi connectivity index (χ0) is 43.7. The molecule has 0 bridgehead atoms. The predicted molar refractivity (Wildman–Crippen MR) is 275 cm³/mol. The summed E-state index contributed by atoms with van der Waals surface area (Å²) in [5.74, 6) is 0. The summed E-state index contributed by atoms with van der Waals surface area (Å²) in [5.41, 5.74) is 21.3. The number of rotatable bonds is 10. The largest absolute Gasteiger partial charge is 0.310 e. The molecule has 0 spiro atoms. The van der Waals surface area contributed by atoms with Gasteiger partial charge in [-0.2, -0.15) is 0 Å². The van der Waals surface area contributed by atoms with Crippen LogP contribution in [0.15, 0.2) is 255 Å². The Labute approximate surface area is 383 Å². The Kier molecular flexibility index (Phi) is 10.3. The normalized spacial score (nSPS) is 12.3. The van der Waals surface area contributed by atoms with Gasteiger partial charge in [0.15, 0.2) is 0 Å². The molecule has 0 atom stereocenters. The van der Waals surface area contributed by atoms with Crippen molar-refractivity contribution in [2.75, 3.05) is 9.80 Å². The monoisotopic (exact) mass is 832 g/mol. The van der Waals surface area contributed by atoms with Crippen molar-refractivity contribution >= 4 is 34.1 Å². The first-order valence-electron chi connectivity index (χ1n) is 22.5. The highest BCUT2D eigenvalue weighted by molar-refractivity contribution is 5.88. The van der Waals surface area contributed by atoms with Gasteiger partial charge in [0.1, 0.15) is 0 Å². The van der Waals surface area contributed by atoms with E-state index in [1.165, 1.54) is 55.6 Å². The highest BCUT2D eigenvalue weighted by Crippen LogP contribution is 2.51. The van der Waals surface area contributed by atoms with Crippen LogP contribution in [0.3, 0.4) is 0 Å². The summed E-state index contributed by atoms with van der Waals surface area (Å²) >= 11 is 0. The van der Waals surface area contributed by atoms with Gasteiger partial charge in [0.2, 0.25) is 0 Å². The van der Waals surface area contributed by atoms with Crippen molar-refractivity contribution in [3.63, 3.8) is 0 Å². The third kappa shape index (κ3) is 7.60. The maximum Gasteiger partial charge on any atom is 0.0467 e. The van der Waals surface area contributed by atoms with Crippen molar-refractivity contribution in [2.45, 2.75) is 19.3 Å².